The molecular weight excluding hydrogens is 254 g/mol. The zero-order chi connectivity index (χ0) is 15.1. The minimum atomic E-state index is 0.0933. The lowest BCUT2D eigenvalue weighted by Crippen LogP contribution is -2.45. The monoisotopic (exact) mass is 281 g/mol. The lowest BCUT2D eigenvalue weighted by molar-refractivity contribution is 0.304. The lowest BCUT2D eigenvalue weighted by Gasteiger charge is -2.38. The lowest BCUT2D eigenvalue weighted by atomic mass is 9.69. The minimum absolute atomic E-state index is 0.0933. The van der Waals surface area contributed by atoms with E-state index in [0.717, 1.165) is 25.7 Å². The third-order valence-electron chi connectivity index (χ3n) is 4.91. The fourth-order valence-electron chi connectivity index (χ4n) is 3.41. The maximum atomic E-state index is 6.65. The van der Waals surface area contributed by atoms with Gasteiger partial charge >= 0.3 is 0 Å². The molecule has 2 aromatic rings. The summed E-state index contributed by atoms with van der Waals surface area (Å²) in [5, 5.41) is 0. The zero-order valence-electron chi connectivity index (χ0n) is 13.3. The van der Waals surface area contributed by atoms with Gasteiger partial charge in [0, 0.05) is 11.5 Å². The molecule has 0 aliphatic carbocycles. The molecule has 0 amide bonds. The third kappa shape index (κ3) is 3.54. The number of hydrogen-bond acceptors (Lipinski definition) is 1. The van der Waals surface area contributed by atoms with Gasteiger partial charge in [-0.15, -0.1) is 0 Å². The second-order valence-electron chi connectivity index (χ2n) is 5.86. The van der Waals surface area contributed by atoms with Gasteiger partial charge in [0.2, 0.25) is 0 Å². The number of rotatable bonds is 7. The van der Waals surface area contributed by atoms with Crippen molar-refractivity contribution < 1.29 is 0 Å². The number of aryl methyl sites for hydroxylation is 1. The molecule has 0 heterocycles. The summed E-state index contributed by atoms with van der Waals surface area (Å²) in [6.07, 6.45) is 4.25. The van der Waals surface area contributed by atoms with E-state index in [-0.39, 0.29) is 11.5 Å². The van der Waals surface area contributed by atoms with Crippen LogP contribution in [0.1, 0.15) is 44.2 Å². The van der Waals surface area contributed by atoms with Crippen LogP contribution in [0.25, 0.3) is 0 Å². The van der Waals surface area contributed by atoms with Crippen LogP contribution in [0.2, 0.25) is 0 Å². The predicted molar refractivity (Wildman–Crippen MR) is 91.4 cm³/mol. The molecule has 1 heteroatoms. The molecular formula is C20H27N. The summed E-state index contributed by atoms with van der Waals surface area (Å²) in [6.45, 7) is 4.53. The molecule has 0 saturated carbocycles. The van der Waals surface area contributed by atoms with Gasteiger partial charge in [-0.1, -0.05) is 74.5 Å². The van der Waals surface area contributed by atoms with E-state index in [1.807, 2.05) is 0 Å². The van der Waals surface area contributed by atoms with Crippen LogP contribution in [0.3, 0.4) is 0 Å². The first-order valence-corrected chi connectivity index (χ1v) is 8.08. The van der Waals surface area contributed by atoms with Crippen molar-refractivity contribution in [3.8, 4) is 0 Å². The SMILES string of the molecule is CCC(CC)(c1ccccc1)C(N)CCc1ccccc1. The number of benzene rings is 2. The molecule has 112 valence electrons. The van der Waals surface area contributed by atoms with Gasteiger partial charge in [-0.2, -0.15) is 0 Å². The van der Waals surface area contributed by atoms with Gasteiger partial charge in [0.15, 0.2) is 0 Å². The van der Waals surface area contributed by atoms with Crippen LogP contribution in [0.4, 0.5) is 0 Å². The summed E-state index contributed by atoms with van der Waals surface area (Å²) in [4.78, 5) is 0. The van der Waals surface area contributed by atoms with Gasteiger partial charge in [-0.3, -0.25) is 0 Å². The van der Waals surface area contributed by atoms with Crippen molar-refractivity contribution in [1.82, 2.24) is 0 Å². The molecule has 0 saturated heterocycles. The van der Waals surface area contributed by atoms with Crippen molar-refractivity contribution in [2.45, 2.75) is 51.0 Å². The molecule has 2 rings (SSSR count). The fourth-order valence-corrected chi connectivity index (χ4v) is 3.41. The highest BCUT2D eigenvalue weighted by molar-refractivity contribution is 5.28. The zero-order valence-corrected chi connectivity index (χ0v) is 13.3. The summed E-state index contributed by atoms with van der Waals surface area (Å²) in [7, 11) is 0. The van der Waals surface area contributed by atoms with Crippen molar-refractivity contribution in [2.75, 3.05) is 0 Å². The molecule has 21 heavy (non-hydrogen) atoms. The van der Waals surface area contributed by atoms with Crippen molar-refractivity contribution >= 4 is 0 Å². The van der Waals surface area contributed by atoms with E-state index in [1.165, 1.54) is 11.1 Å². The molecule has 2 N–H and O–H groups in total. The number of nitrogens with two attached hydrogens (primary N) is 1. The van der Waals surface area contributed by atoms with E-state index >= 15 is 0 Å². The van der Waals surface area contributed by atoms with E-state index < -0.39 is 0 Å². The maximum absolute atomic E-state index is 6.65. The van der Waals surface area contributed by atoms with Crippen LogP contribution < -0.4 is 5.73 Å². The second-order valence-corrected chi connectivity index (χ2v) is 5.86. The predicted octanol–water partition coefficient (Wildman–Crippen LogP) is 4.70. The van der Waals surface area contributed by atoms with Crippen LogP contribution in [0, 0.1) is 0 Å². The van der Waals surface area contributed by atoms with E-state index in [0.29, 0.717) is 0 Å². The molecule has 1 atom stereocenters. The first-order chi connectivity index (χ1) is 10.2. The van der Waals surface area contributed by atoms with Crippen LogP contribution in [0.15, 0.2) is 60.7 Å². The van der Waals surface area contributed by atoms with Gasteiger partial charge in [-0.05, 0) is 36.8 Å². The summed E-state index contributed by atoms with van der Waals surface area (Å²) in [5.74, 6) is 0. The van der Waals surface area contributed by atoms with E-state index in [4.69, 9.17) is 5.73 Å². The van der Waals surface area contributed by atoms with E-state index in [2.05, 4.69) is 74.5 Å². The van der Waals surface area contributed by atoms with Crippen molar-refractivity contribution in [1.29, 1.82) is 0 Å². The van der Waals surface area contributed by atoms with Crippen LogP contribution in [-0.4, -0.2) is 6.04 Å². The summed E-state index contributed by atoms with van der Waals surface area (Å²) < 4.78 is 0. The van der Waals surface area contributed by atoms with Crippen LogP contribution >= 0.6 is 0 Å². The molecule has 0 bridgehead atoms. The van der Waals surface area contributed by atoms with Crippen LogP contribution in [0.5, 0.6) is 0 Å². The molecule has 0 fully saturated rings. The Bertz CT molecular complexity index is 514. The molecule has 0 aromatic heterocycles. The average molecular weight is 281 g/mol. The van der Waals surface area contributed by atoms with Gasteiger partial charge in [0.25, 0.3) is 0 Å². The Labute approximate surface area is 129 Å². The Kier molecular flexibility index (Phi) is 5.58. The first kappa shape index (κ1) is 15.8. The Morgan fingerprint density at radius 3 is 1.90 bits per heavy atom. The third-order valence-corrected chi connectivity index (χ3v) is 4.91. The van der Waals surface area contributed by atoms with E-state index in [1.54, 1.807) is 0 Å². The van der Waals surface area contributed by atoms with Crippen LogP contribution in [-0.2, 0) is 11.8 Å². The molecule has 0 spiro atoms. The summed E-state index contributed by atoms with van der Waals surface area (Å²) in [6, 6.07) is 21.6. The molecule has 0 aliphatic heterocycles. The van der Waals surface area contributed by atoms with Crippen molar-refractivity contribution in [3.63, 3.8) is 0 Å². The highest BCUT2D eigenvalue weighted by Crippen LogP contribution is 2.36. The highest BCUT2D eigenvalue weighted by Gasteiger charge is 2.34. The largest absolute Gasteiger partial charge is 0.327 e. The molecule has 0 radical (unpaired) electrons. The van der Waals surface area contributed by atoms with E-state index in [9.17, 15) is 0 Å². The topological polar surface area (TPSA) is 26.0 Å². The molecule has 1 nitrogen and oxygen atoms in total. The average Bonchev–Trinajstić information content (AvgIpc) is 2.56. The van der Waals surface area contributed by atoms with Gasteiger partial charge < -0.3 is 5.73 Å². The number of hydrogen-bond donors (Lipinski definition) is 1. The molecule has 0 aliphatic rings. The van der Waals surface area contributed by atoms with Gasteiger partial charge in [0.05, 0.1) is 0 Å². The Hall–Kier alpha value is -1.60. The van der Waals surface area contributed by atoms with Gasteiger partial charge in [-0.25, -0.2) is 0 Å². The quantitative estimate of drug-likeness (QED) is 0.782. The summed E-state index contributed by atoms with van der Waals surface area (Å²) >= 11 is 0. The fraction of sp³-hybridized carbons (Fsp3) is 0.400. The summed E-state index contributed by atoms with van der Waals surface area (Å²) in [5.41, 5.74) is 9.51. The second kappa shape index (κ2) is 7.42. The smallest absolute Gasteiger partial charge is 0.0139 e. The molecule has 1 unspecified atom stereocenters. The first-order valence-electron chi connectivity index (χ1n) is 8.08. The molecule has 2 aromatic carbocycles. The van der Waals surface area contributed by atoms with Gasteiger partial charge in [0.1, 0.15) is 0 Å². The Morgan fingerprint density at radius 1 is 0.857 bits per heavy atom. The highest BCUT2D eigenvalue weighted by atomic mass is 14.7. The van der Waals surface area contributed by atoms with Crippen molar-refractivity contribution in [2.24, 2.45) is 5.73 Å². The standard InChI is InChI=1S/C20H27N/c1-3-20(4-2,18-13-9-6-10-14-18)19(21)16-15-17-11-7-5-8-12-17/h5-14,19H,3-4,15-16,21H2,1-2H3. The Balaban J connectivity index is 2.14. The maximum Gasteiger partial charge on any atom is 0.0139 e. The minimum Gasteiger partial charge on any atom is -0.327 e. The Morgan fingerprint density at radius 2 is 1.38 bits per heavy atom. The normalized spacial score (nSPS) is 13.1. The van der Waals surface area contributed by atoms with Crippen molar-refractivity contribution in [3.05, 3.63) is 71.8 Å².